The largest absolute Gasteiger partial charge is 0.465 e. The monoisotopic (exact) mass is 640 g/mol. The van der Waals surface area contributed by atoms with E-state index in [9.17, 15) is 23.6 Å². The number of fused-ring (bicyclic) bond motifs is 1. The zero-order valence-electron chi connectivity index (χ0n) is 26.3. The average Bonchev–Trinajstić information content (AvgIpc) is 3.72. The molecule has 46 heavy (non-hydrogen) atoms. The zero-order chi connectivity index (χ0) is 32.2. The molecule has 12 heteroatoms. The Kier molecular flexibility index (Phi) is 10.1. The normalized spacial score (nSPS) is 26.5. The highest BCUT2D eigenvalue weighted by molar-refractivity contribution is 6.01. The van der Waals surface area contributed by atoms with Crippen LogP contribution in [0, 0.1) is 23.7 Å². The number of nitrogens with one attached hydrogen (secondary N) is 2. The number of amides is 4. The number of carbonyl (C=O) groups excluding carboxylic acids is 3. The Morgan fingerprint density at radius 2 is 1.67 bits per heavy atom. The molecule has 2 aliphatic heterocycles. The third-order valence-corrected chi connectivity index (χ3v) is 10.7. The maximum Gasteiger partial charge on any atom is 0.404 e. The zero-order valence-corrected chi connectivity index (χ0v) is 26.3. The molecular formula is C34H45FN4O7. The second kappa shape index (κ2) is 14.4. The summed E-state index contributed by atoms with van der Waals surface area (Å²) in [5, 5.41) is 15.2. The highest BCUT2D eigenvalue weighted by atomic mass is 19.1. The number of hydrogen-bond acceptors (Lipinski definition) is 6. The molecule has 2 aliphatic carbocycles. The van der Waals surface area contributed by atoms with Crippen LogP contribution in [-0.2, 0) is 14.3 Å². The minimum Gasteiger partial charge on any atom is -0.465 e. The molecule has 11 nitrogen and oxygen atoms in total. The van der Waals surface area contributed by atoms with Crippen molar-refractivity contribution >= 4 is 40.5 Å². The van der Waals surface area contributed by atoms with Crippen LogP contribution in [-0.4, -0.2) is 90.3 Å². The number of anilines is 1. The first kappa shape index (κ1) is 32.3. The molecule has 2 aromatic rings. The summed E-state index contributed by atoms with van der Waals surface area (Å²) in [5.41, 5.74) is 1.13. The van der Waals surface area contributed by atoms with Gasteiger partial charge in [-0.15, -0.1) is 0 Å². The number of hydrogen-bond donors (Lipinski definition) is 3. The molecule has 6 rings (SSSR count). The van der Waals surface area contributed by atoms with Gasteiger partial charge in [-0.25, -0.2) is 9.18 Å². The summed E-state index contributed by atoms with van der Waals surface area (Å²) in [4.78, 5) is 55.7. The molecule has 0 radical (unpaired) electrons. The number of morpholine rings is 1. The molecule has 250 valence electrons. The fourth-order valence-electron chi connectivity index (χ4n) is 8.26. The number of alkyl halides is 1. The van der Waals surface area contributed by atoms with E-state index in [1.165, 1.54) is 6.42 Å². The Morgan fingerprint density at radius 1 is 0.935 bits per heavy atom. The molecule has 2 saturated heterocycles. The predicted molar refractivity (Wildman–Crippen MR) is 168 cm³/mol. The predicted octanol–water partition coefficient (Wildman–Crippen LogP) is 5.05. The Labute approximate surface area is 268 Å². The van der Waals surface area contributed by atoms with E-state index in [-0.39, 0.29) is 41.2 Å². The summed E-state index contributed by atoms with van der Waals surface area (Å²) in [7, 11) is 0. The van der Waals surface area contributed by atoms with Gasteiger partial charge in [0.15, 0.2) is 5.76 Å². The SMILES string of the molecule is O=C(O)NC(CF)[C@H]1CC[C@H](C(=O)N2CC[C@@H](C3CCCCC3)[C@H]2C(=O)Nc2ccc3oc(C(=O)N4CCOCC4)cc3c2)CC1. The number of carbonyl (C=O) groups is 4. The van der Waals surface area contributed by atoms with Gasteiger partial charge < -0.3 is 34.7 Å². The molecule has 3 heterocycles. The molecule has 4 amide bonds. The molecule has 3 atom stereocenters. The average molecular weight is 641 g/mol. The highest BCUT2D eigenvalue weighted by Crippen LogP contribution is 2.41. The standard InChI is InChI=1S/C34H45FN4O7/c35-20-27(37-34(43)44)22-6-8-23(9-7-22)32(41)39-13-12-26(21-4-2-1-3-5-21)30(39)31(40)36-25-10-11-28-24(18-25)19-29(46-28)33(42)38-14-16-45-17-15-38/h10-11,18-19,21-23,26-27,30,37H,1-9,12-17,20H2,(H,36,40)(H,43,44)/t22-,23-,26-,27?,30-/m0/s1. The summed E-state index contributed by atoms with van der Waals surface area (Å²) in [6.07, 6.45) is 7.33. The lowest BCUT2D eigenvalue weighted by atomic mass is 9.76. The Balaban J connectivity index is 1.16. The second-order valence-corrected chi connectivity index (χ2v) is 13.4. The van der Waals surface area contributed by atoms with E-state index in [2.05, 4.69) is 10.6 Å². The first-order chi connectivity index (χ1) is 22.3. The van der Waals surface area contributed by atoms with Crippen LogP contribution in [0.25, 0.3) is 11.0 Å². The fourth-order valence-corrected chi connectivity index (χ4v) is 8.26. The van der Waals surface area contributed by atoms with E-state index in [4.69, 9.17) is 14.3 Å². The third-order valence-electron chi connectivity index (χ3n) is 10.7. The number of nitrogens with zero attached hydrogens (tertiary/aromatic N) is 2. The number of carboxylic acid groups (broad SMARTS) is 1. The van der Waals surface area contributed by atoms with E-state index in [1.807, 2.05) is 0 Å². The minimum atomic E-state index is -1.24. The van der Waals surface area contributed by atoms with Crippen LogP contribution < -0.4 is 10.6 Å². The van der Waals surface area contributed by atoms with Crippen molar-refractivity contribution in [3.63, 3.8) is 0 Å². The van der Waals surface area contributed by atoms with Gasteiger partial charge in [0.25, 0.3) is 5.91 Å². The molecular weight excluding hydrogens is 595 g/mol. The van der Waals surface area contributed by atoms with Crippen LogP contribution >= 0.6 is 0 Å². The maximum absolute atomic E-state index is 14.1. The van der Waals surface area contributed by atoms with Gasteiger partial charge in [0.1, 0.15) is 18.3 Å². The summed E-state index contributed by atoms with van der Waals surface area (Å²) in [5.74, 6) is -0.138. The van der Waals surface area contributed by atoms with E-state index >= 15 is 0 Å². The van der Waals surface area contributed by atoms with Crippen molar-refractivity contribution in [1.82, 2.24) is 15.1 Å². The van der Waals surface area contributed by atoms with E-state index in [0.717, 1.165) is 32.1 Å². The molecule has 4 aliphatic rings. The number of furan rings is 1. The van der Waals surface area contributed by atoms with Crippen LogP contribution in [0.2, 0.25) is 0 Å². The van der Waals surface area contributed by atoms with E-state index in [0.29, 0.717) is 81.1 Å². The smallest absolute Gasteiger partial charge is 0.404 e. The first-order valence-corrected chi connectivity index (χ1v) is 16.9. The van der Waals surface area contributed by atoms with Crippen molar-refractivity contribution in [3.8, 4) is 0 Å². The van der Waals surface area contributed by atoms with Gasteiger partial charge in [-0.05, 0) is 74.1 Å². The Hall–Kier alpha value is -3.67. The molecule has 0 spiro atoms. The first-order valence-electron chi connectivity index (χ1n) is 16.9. The molecule has 2 saturated carbocycles. The van der Waals surface area contributed by atoms with Gasteiger partial charge in [-0.1, -0.05) is 32.1 Å². The molecule has 3 N–H and O–H groups in total. The number of benzene rings is 1. The number of halogens is 1. The molecule has 0 bridgehead atoms. The fraction of sp³-hybridized carbons (Fsp3) is 0.647. The third kappa shape index (κ3) is 7.01. The van der Waals surface area contributed by atoms with Gasteiger partial charge >= 0.3 is 6.09 Å². The van der Waals surface area contributed by atoms with Crippen molar-refractivity contribution in [3.05, 3.63) is 30.0 Å². The van der Waals surface area contributed by atoms with Gasteiger partial charge in [0, 0.05) is 36.6 Å². The van der Waals surface area contributed by atoms with Crippen LogP contribution in [0.1, 0.15) is 74.8 Å². The maximum atomic E-state index is 14.1. The van der Waals surface area contributed by atoms with Gasteiger partial charge in [0.05, 0.1) is 19.3 Å². The lowest BCUT2D eigenvalue weighted by molar-refractivity contribution is -0.142. The summed E-state index contributed by atoms with van der Waals surface area (Å²) in [6, 6.07) is 5.66. The quantitative estimate of drug-likeness (QED) is 0.367. The summed E-state index contributed by atoms with van der Waals surface area (Å²) in [6.45, 7) is 1.77. The van der Waals surface area contributed by atoms with Crippen molar-refractivity contribution in [2.75, 3.05) is 44.8 Å². The lowest BCUT2D eigenvalue weighted by Crippen LogP contribution is -2.50. The molecule has 4 fully saturated rings. The van der Waals surface area contributed by atoms with Crippen LogP contribution in [0.5, 0.6) is 0 Å². The summed E-state index contributed by atoms with van der Waals surface area (Å²) < 4.78 is 24.8. The van der Waals surface area contributed by atoms with Gasteiger partial charge in [0.2, 0.25) is 11.8 Å². The Bertz CT molecular complexity index is 1410. The number of rotatable bonds is 8. The van der Waals surface area contributed by atoms with Crippen molar-refractivity contribution in [1.29, 1.82) is 0 Å². The molecule has 1 aromatic carbocycles. The highest BCUT2D eigenvalue weighted by Gasteiger charge is 2.47. The van der Waals surface area contributed by atoms with Crippen molar-refractivity contribution in [2.24, 2.45) is 23.7 Å². The van der Waals surface area contributed by atoms with Gasteiger partial charge in [-0.3, -0.25) is 14.4 Å². The van der Waals surface area contributed by atoms with E-state index in [1.54, 1.807) is 34.1 Å². The van der Waals surface area contributed by atoms with Crippen molar-refractivity contribution in [2.45, 2.75) is 76.3 Å². The van der Waals surface area contributed by atoms with E-state index < -0.39 is 24.9 Å². The number of likely N-dealkylation sites (tertiary alicyclic amines) is 1. The molecule has 1 aromatic heterocycles. The number of ether oxygens (including phenoxy) is 1. The lowest BCUT2D eigenvalue weighted by Gasteiger charge is -2.37. The topological polar surface area (TPSA) is 141 Å². The van der Waals surface area contributed by atoms with Crippen LogP contribution in [0.3, 0.4) is 0 Å². The minimum absolute atomic E-state index is 0.0311. The van der Waals surface area contributed by atoms with Crippen LogP contribution in [0.4, 0.5) is 14.9 Å². The van der Waals surface area contributed by atoms with Gasteiger partial charge in [-0.2, -0.15) is 0 Å². The second-order valence-electron chi connectivity index (χ2n) is 13.4. The molecule has 1 unspecified atom stereocenters. The summed E-state index contributed by atoms with van der Waals surface area (Å²) >= 11 is 0. The Morgan fingerprint density at radius 3 is 2.37 bits per heavy atom. The van der Waals surface area contributed by atoms with Crippen molar-refractivity contribution < 1.29 is 37.8 Å². The van der Waals surface area contributed by atoms with Crippen LogP contribution in [0.15, 0.2) is 28.7 Å².